The third-order valence-corrected chi connectivity index (χ3v) is 4.02. The summed E-state index contributed by atoms with van der Waals surface area (Å²) in [5.41, 5.74) is 8.20. The molecule has 0 radical (unpaired) electrons. The summed E-state index contributed by atoms with van der Waals surface area (Å²) in [6.45, 7) is 4.11. The fourth-order valence-electron chi connectivity index (χ4n) is 2.12. The van der Waals surface area contributed by atoms with E-state index in [-0.39, 0.29) is 12.1 Å². The minimum absolute atomic E-state index is 0.200. The summed E-state index contributed by atoms with van der Waals surface area (Å²) in [6, 6.07) is 5.42. The van der Waals surface area contributed by atoms with Gasteiger partial charge in [0.2, 0.25) is 0 Å². The molecule has 1 aromatic heterocycles. The number of methoxy groups -OCH3 is 1. The van der Waals surface area contributed by atoms with Crippen molar-refractivity contribution >= 4 is 27.5 Å². The Balaban J connectivity index is 2.52. The summed E-state index contributed by atoms with van der Waals surface area (Å²) in [5.74, 6) is 0.688. The van der Waals surface area contributed by atoms with Gasteiger partial charge in [-0.1, -0.05) is 33.6 Å². The maximum absolute atomic E-state index is 6.41. The van der Waals surface area contributed by atoms with Crippen molar-refractivity contribution in [1.82, 2.24) is 9.78 Å². The Morgan fingerprint density at radius 3 is 2.65 bits per heavy atom. The first-order valence-electron chi connectivity index (χ1n) is 6.27. The Bertz CT molecular complexity index is 612. The summed E-state index contributed by atoms with van der Waals surface area (Å²) in [5, 5.41) is 5.01. The lowest BCUT2D eigenvalue weighted by atomic mass is 10.0. The van der Waals surface area contributed by atoms with Crippen molar-refractivity contribution in [2.45, 2.75) is 25.9 Å². The van der Waals surface area contributed by atoms with Crippen molar-refractivity contribution in [3.63, 3.8) is 0 Å². The zero-order valence-corrected chi connectivity index (χ0v) is 13.9. The second kappa shape index (κ2) is 6.16. The molecule has 2 N–H and O–H groups in total. The molecule has 4 nitrogen and oxygen atoms in total. The summed E-state index contributed by atoms with van der Waals surface area (Å²) < 4.78 is 8.13. The minimum atomic E-state index is -0.346. The molecule has 2 rings (SSSR count). The van der Waals surface area contributed by atoms with E-state index in [0.717, 1.165) is 15.7 Å². The summed E-state index contributed by atoms with van der Waals surface area (Å²) >= 11 is 9.48. The van der Waals surface area contributed by atoms with Crippen LogP contribution in [-0.2, 0) is 0 Å². The van der Waals surface area contributed by atoms with Gasteiger partial charge in [0.25, 0.3) is 0 Å². The number of aromatic nitrogens is 2. The molecule has 108 valence electrons. The second-order valence-electron chi connectivity index (χ2n) is 4.78. The molecule has 0 bridgehead atoms. The fraction of sp³-hybridized carbons (Fsp3) is 0.357. The Labute approximate surface area is 132 Å². The Morgan fingerprint density at radius 2 is 2.10 bits per heavy atom. The van der Waals surface area contributed by atoms with Crippen LogP contribution in [0.1, 0.15) is 37.2 Å². The molecule has 0 saturated heterocycles. The molecule has 6 heteroatoms. The van der Waals surface area contributed by atoms with Gasteiger partial charge < -0.3 is 10.5 Å². The lowest BCUT2D eigenvalue weighted by molar-refractivity contribution is 0.401. The summed E-state index contributed by atoms with van der Waals surface area (Å²) in [4.78, 5) is 0. The number of hydrogen-bond acceptors (Lipinski definition) is 3. The van der Waals surface area contributed by atoms with E-state index in [0.29, 0.717) is 10.8 Å². The van der Waals surface area contributed by atoms with Crippen LogP contribution in [0.15, 0.2) is 28.9 Å². The van der Waals surface area contributed by atoms with Gasteiger partial charge in [0.05, 0.1) is 19.3 Å². The molecule has 1 aromatic carbocycles. The van der Waals surface area contributed by atoms with Crippen molar-refractivity contribution < 1.29 is 4.74 Å². The third kappa shape index (κ3) is 2.85. The van der Waals surface area contributed by atoms with Crippen LogP contribution < -0.4 is 10.5 Å². The predicted molar refractivity (Wildman–Crippen MR) is 84.3 cm³/mol. The number of halogens is 2. The smallest absolute Gasteiger partial charge is 0.161 e. The zero-order valence-electron chi connectivity index (χ0n) is 11.6. The number of ether oxygens (including phenoxy) is 1. The average Bonchev–Trinajstić information content (AvgIpc) is 2.81. The summed E-state index contributed by atoms with van der Waals surface area (Å²) in [7, 11) is 1.62. The Hall–Kier alpha value is -1.04. The highest BCUT2D eigenvalue weighted by Crippen LogP contribution is 2.34. The van der Waals surface area contributed by atoms with Crippen molar-refractivity contribution in [1.29, 1.82) is 0 Å². The summed E-state index contributed by atoms with van der Waals surface area (Å²) in [6.07, 6.45) is 1.69. The molecule has 2 aromatic rings. The molecular formula is C14H17BrClN3O. The normalized spacial score (nSPS) is 12.8. The quantitative estimate of drug-likeness (QED) is 0.900. The van der Waals surface area contributed by atoms with Gasteiger partial charge in [-0.05, 0) is 31.5 Å². The van der Waals surface area contributed by atoms with Gasteiger partial charge in [-0.3, -0.25) is 4.68 Å². The fourth-order valence-corrected chi connectivity index (χ4v) is 3.05. The van der Waals surface area contributed by atoms with Gasteiger partial charge in [0.1, 0.15) is 5.69 Å². The number of hydrogen-bond donors (Lipinski definition) is 1. The number of benzene rings is 1. The van der Waals surface area contributed by atoms with E-state index in [4.69, 9.17) is 22.1 Å². The molecule has 0 spiro atoms. The van der Waals surface area contributed by atoms with Crippen molar-refractivity contribution in [2.24, 2.45) is 5.73 Å². The van der Waals surface area contributed by atoms with Crippen LogP contribution in [0.5, 0.6) is 5.75 Å². The van der Waals surface area contributed by atoms with Crippen LogP contribution in [0.3, 0.4) is 0 Å². The van der Waals surface area contributed by atoms with E-state index in [1.54, 1.807) is 13.3 Å². The van der Waals surface area contributed by atoms with Gasteiger partial charge in [-0.25, -0.2) is 0 Å². The van der Waals surface area contributed by atoms with E-state index >= 15 is 0 Å². The van der Waals surface area contributed by atoms with Gasteiger partial charge in [0, 0.05) is 15.5 Å². The minimum Gasteiger partial charge on any atom is -0.493 e. The molecule has 0 aliphatic rings. The van der Waals surface area contributed by atoms with Gasteiger partial charge in [-0.15, -0.1) is 0 Å². The number of rotatable bonds is 4. The molecular weight excluding hydrogens is 342 g/mol. The number of nitrogens with zero attached hydrogens (tertiary/aromatic N) is 2. The van der Waals surface area contributed by atoms with Crippen LogP contribution in [0.25, 0.3) is 0 Å². The van der Waals surface area contributed by atoms with Crippen LogP contribution in [-0.4, -0.2) is 16.9 Å². The first-order chi connectivity index (χ1) is 9.45. The Morgan fingerprint density at radius 1 is 1.40 bits per heavy atom. The molecule has 1 atom stereocenters. The maximum atomic E-state index is 6.41. The first-order valence-corrected chi connectivity index (χ1v) is 7.44. The molecule has 0 aliphatic heterocycles. The lowest BCUT2D eigenvalue weighted by Crippen LogP contribution is -2.20. The second-order valence-corrected chi connectivity index (χ2v) is 6.07. The Kier molecular flexibility index (Phi) is 4.73. The van der Waals surface area contributed by atoms with Gasteiger partial charge in [-0.2, -0.15) is 5.10 Å². The number of nitrogens with two attached hydrogens (primary N) is 1. The highest BCUT2D eigenvalue weighted by Gasteiger charge is 2.23. The molecule has 0 fully saturated rings. The molecule has 20 heavy (non-hydrogen) atoms. The van der Waals surface area contributed by atoms with E-state index in [1.807, 2.05) is 22.9 Å². The van der Waals surface area contributed by atoms with Crippen LogP contribution in [0, 0.1) is 0 Å². The van der Waals surface area contributed by atoms with Crippen molar-refractivity contribution in [2.75, 3.05) is 7.11 Å². The van der Waals surface area contributed by atoms with Gasteiger partial charge >= 0.3 is 0 Å². The molecule has 0 saturated carbocycles. The van der Waals surface area contributed by atoms with Crippen molar-refractivity contribution in [3.05, 3.63) is 45.1 Å². The molecule has 1 unspecified atom stereocenters. The largest absolute Gasteiger partial charge is 0.493 e. The topological polar surface area (TPSA) is 53.1 Å². The highest BCUT2D eigenvalue weighted by atomic mass is 79.9. The SMILES string of the molecule is COc1cnn(C(C)C)c1C(N)c1ccc(Cl)cc1Br. The zero-order chi connectivity index (χ0) is 14.9. The highest BCUT2D eigenvalue weighted by molar-refractivity contribution is 9.10. The van der Waals surface area contributed by atoms with Gasteiger partial charge in [0.15, 0.2) is 5.75 Å². The van der Waals surface area contributed by atoms with Crippen molar-refractivity contribution in [3.8, 4) is 5.75 Å². The van der Waals surface area contributed by atoms with E-state index in [2.05, 4.69) is 34.9 Å². The van der Waals surface area contributed by atoms with Crippen LogP contribution in [0.2, 0.25) is 5.02 Å². The monoisotopic (exact) mass is 357 g/mol. The van der Waals surface area contributed by atoms with E-state index < -0.39 is 0 Å². The average molecular weight is 359 g/mol. The maximum Gasteiger partial charge on any atom is 0.161 e. The standard InChI is InChI=1S/C14H17BrClN3O/c1-8(2)19-14(12(20-3)7-18-19)13(17)10-5-4-9(16)6-11(10)15/h4-8,13H,17H2,1-3H3. The molecule has 0 aliphatic carbocycles. The third-order valence-electron chi connectivity index (χ3n) is 3.10. The molecule has 1 heterocycles. The first kappa shape index (κ1) is 15.4. The van der Waals surface area contributed by atoms with E-state index in [1.165, 1.54) is 0 Å². The van der Waals surface area contributed by atoms with Crippen LogP contribution >= 0.6 is 27.5 Å². The van der Waals surface area contributed by atoms with E-state index in [9.17, 15) is 0 Å². The predicted octanol–water partition coefficient (Wildman–Crippen LogP) is 3.94. The molecule has 0 amide bonds. The lowest BCUT2D eigenvalue weighted by Gasteiger charge is -2.19. The van der Waals surface area contributed by atoms with Crippen LogP contribution in [0.4, 0.5) is 0 Å².